The summed E-state index contributed by atoms with van der Waals surface area (Å²) < 4.78 is 40.0. The van der Waals surface area contributed by atoms with E-state index in [9.17, 15) is 13.2 Å². The Kier molecular flexibility index (Phi) is 3.99. The predicted molar refractivity (Wildman–Crippen MR) is 73.0 cm³/mol. The molecular weight excluding hydrogens is 317 g/mol. The van der Waals surface area contributed by atoms with Gasteiger partial charge < -0.3 is 0 Å². The number of hydrogen-bond donors (Lipinski definition) is 0. The van der Waals surface area contributed by atoms with E-state index in [1.165, 1.54) is 0 Å². The van der Waals surface area contributed by atoms with E-state index in [2.05, 4.69) is 15.9 Å². The van der Waals surface area contributed by atoms with Crippen LogP contribution in [0, 0.1) is 31.3 Å². The van der Waals surface area contributed by atoms with Crippen LogP contribution in [0.2, 0.25) is 0 Å². The lowest BCUT2D eigenvalue weighted by Gasteiger charge is -2.15. The smallest absolute Gasteiger partial charge is 0.161 e. The van der Waals surface area contributed by atoms with Crippen molar-refractivity contribution in [1.29, 1.82) is 0 Å². The molecule has 0 saturated carbocycles. The van der Waals surface area contributed by atoms with Gasteiger partial charge in [-0.3, -0.25) is 0 Å². The number of alkyl halides is 1. The second-order valence-corrected chi connectivity index (χ2v) is 5.43. The third kappa shape index (κ3) is 2.84. The fourth-order valence-electron chi connectivity index (χ4n) is 1.93. The number of aryl methyl sites for hydroxylation is 2. The molecular formula is C15H12BrF3. The van der Waals surface area contributed by atoms with Crippen molar-refractivity contribution >= 4 is 15.9 Å². The molecule has 0 aliphatic carbocycles. The van der Waals surface area contributed by atoms with Crippen LogP contribution < -0.4 is 0 Å². The fourth-order valence-corrected chi connectivity index (χ4v) is 2.78. The summed E-state index contributed by atoms with van der Waals surface area (Å²) in [5.41, 5.74) is 2.90. The summed E-state index contributed by atoms with van der Waals surface area (Å²) in [5.74, 6) is -2.99. The van der Waals surface area contributed by atoms with Gasteiger partial charge >= 0.3 is 0 Å². The second kappa shape index (κ2) is 5.37. The van der Waals surface area contributed by atoms with Gasteiger partial charge in [-0.1, -0.05) is 39.7 Å². The molecule has 0 nitrogen and oxygen atoms in total. The quantitative estimate of drug-likeness (QED) is 0.524. The van der Waals surface area contributed by atoms with E-state index in [1.54, 1.807) is 0 Å². The van der Waals surface area contributed by atoms with E-state index in [1.807, 2.05) is 32.0 Å². The highest BCUT2D eigenvalue weighted by Gasteiger charge is 2.19. The van der Waals surface area contributed by atoms with Crippen LogP contribution in [0.1, 0.15) is 27.1 Å². The maximum Gasteiger partial charge on any atom is 0.161 e. The van der Waals surface area contributed by atoms with Gasteiger partial charge in [-0.05, 0) is 31.0 Å². The molecule has 0 N–H and O–H groups in total. The molecule has 2 aromatic rings. The molecule has 0 heterocycles. The lowest BCUT2D eigenvalue weighted by atomic mass is 9.98. The van der Waals surface area contributed by atoms with Gasteiger partial charge in [-0.2, -0.15) is 0 Å². The number of rotatable bonds is 2. The van der Waals surface area contributed by atoms with Gasteiger partial charge in [0.1, 0.15) is 5.82 Å². The van der Waals surface area contributed by atoms with Crippen LogP contribution in [-0.4, -0.2) is 0 Å². The first-order valence-electron chi connectivity index (χ1n) is 5.76. The third-order valence-corrected chi connectivity index (χ3v) is 4.01. The fraction of sp³-hybridized carbons (Fsp3) is 0.200. The predicted octanol–water partition coefficient (Wildman–Crippen LogP) is 5.21. The van der Waals surface area contributed by atoms with E-state index in [0.29, 0.717) is 6.07 Å². The molecule has 0 aliphatic rings. The summed E-state index contributed by atoms with van der Waals surface area (Å²) >= 11 is 3.36. The molecule has 0 radical (unpaired) electrons. The van der Waals surface area contributed by atoms with E-state index in [0.717, 1.165) is 22.8 Å². The molecule has 19 heavy (non-hydrogen) atoms. The van der Waals surface area contributed by atoms with Crippen LogP contribution in [0.4, 0.5) is 13.2 Å². The topological polar surface area (TPSA) is 0 Å². The molecule has 100 valence electrons. The Bertz CT molecular complexity index is 623. The normalized spacial score (nSPS) is 12.5. The highest BCUT2D eigenvalue weighted by Crippen LogP contribution is 2.35. The molecule has 0 fully saturated rings. The molecule has 2 aromatic carbocycles. The zero-order chi connectivity index (χ0) is 14.2. The minimum absolute atomic E-state index is 0.0904. The zero-order valence-corrected chi connectivity index (χ0v) is 12.1. The molecule has 2 rings (SSSR count). The van der Waals surface area contributed by atoms with Crippen molar-refractivity contribution in [2.45, 2.75) is 18.7 Å². The highest BCUT2D eigenvalue weighted by molar-refractivity contribution is 9.09. The molecule has 0 bridgehead atoms. The lowest BCUT2D eigenvalue weighted by molar-refractivity contribution is 0.491. The van der Waals surface area contributed by atoms with E-state index < -0.39 is 22.3 Å². The summed E-state index contributed by atoms with van der Waals surface area (Å²) in [5, 5.41) is 0. The van der Waals surface area contributed by atoms with E-state index in [4.69, 9.17) is 0 Å². The Morgan fingerprint density at radius 1 is 0.842 bits per heavy atom. The Labute approximate surface area is 118 Å². The average molecular weight is 329 g/mol. The molecule has 0 amide bonds. The Morgan fingerprint density at radius 3 is 2.16 bits per heavy atom. The second-order valence-electron chi connectivity index (χ2n) is 4.51. The van der Waals surface area contributed by atoms with Crippen molar-refractivity contribution in [3.63, 3.8) is 0 Å². The monoisotopic (exact) mass is 328 g/mol. The van der Waals surface area contributed by atoms with Crippen LogP contribution in [0.25, 0.3) is 0 Å². The number of benzene rings is 2. The first kappa shape index (κ1) is 14.1. The van der Waals surface area contributed by atoms with Crippen molar-refractivity contribution in [1.82, 2.24) is 0 Å². The maximum absolute atomic E-state index is 13.8. The van der Waals surface area contributed by atoms with Gasteiger partial charge in [0.2, 0.25) is 0 Å². The van der Waals surface area contributed by atoms with Crippen LogP contribution in [0.5, 0.6) is 0 Å². The van der Waals surface area contributed by atoms with Crippen LogP contribution in [-0.2, 0) is 0 Å². The van der Waals surface area contributed by atoms with Crippen molar-refractivity contribution in [2.24, 2.45) is 0 Å². The summed E-state index contributed by atoms with van der Waals surface area (Å²) in [6.07, 6.45) is 0. The van der Waals surface area contributed by atoms with Crippen molar-refractivity contribution in [3.05, 3.63) is 70.0 Å². The van der Waals surface area contributed by atoms with Gasteiger partial charge in [-0.25, -0.2) is 13.2 Å². The summed E-state index contributed by atoms with van der Waals surface area (Å²) in [6.45, 7) is 3.81. The Balaban J connectivity index is 2.52. The molecule has 1 atom stereocenters. The van der Waals surface area contributed by atoms with Gasteiger partial charge in [0.15, 0.2) is 11.6 Å². The van der Waals surface area contributed by atoms with Crippen LogP contribution in [0.15, 0.2) is 30.3 Å². The van der Waals surface area contributed by atoms with E-state index in [-0.39, 0.29) is 5.56 Å². The van der Waals surface area contributed by atoms with Crippen molar-refractivity contribution < 1.29 is 13.2 Å². The summed E-state index contributed by atoms with van der Waals surface area (Å²) in [6, 6.07) is 7.22. The minimum atomic E-state index is -1.18. The first-order valence-corrected chi connectivity index (χ1v) is 6.67. The van der Waals surface area contributed by atoms with Gasteiger partial charge in [0, 0.05) is 11.6 Å². The van der Waals surface area contributed by atoms with Crippen LogP contribution in [0.3, 0.4) is 0 Å². The Hall–Kier alpha value is -1.29. The van der Waals surface area contributed by atoms with E-state index >= 15 is 0 Å². The number of hydrogen-bond acceptors (Lipinski definition) is 0. The largest absolute Gasteiger partial charge is 0.207 e. The first-order chi connectivity index (χ1) is 8.90. The van der Waals surface area contributed by atoms with Crippen molar-refractivity contribution in [3.8, 4) is 0 Å². The third-order valence-electron chi connectivity index (χ3n) is 3.02. The average Bonchev–Trinajstić information content (AvgIpc) is 2.36. The molecule has 0 saturated heterocycles. The van der Waals surface area contributed by atoms with Gasteiger partial charge in [-0.15, -0.1) is 0 Å². The SMILES string of the molecule is Cc1ccc(C)c(C(Br)c2cc(F)c(F)cc2F)c1. The highest BCUT2D eigenvalue weighted by atomic mass is 79.9. The van der Waals surface area contributed by atoms with Crippen molar-refractivity contribution in [2.75, 3.05) is 0 Å². The number of halogens is 4. The van der Waals surface area contributed by atoms with Gasteiger partial charge in [0.05, 0.1) is 4.83 Å². The maximum atomic E-state index is 13.8. The Morgan fingerprint density at radius 2 is 1.47 bits per heavy atom. The lowest BCUT2D eigenvalue weighted by Crippen LogP contribution is -2.02. The summed E-state index contributed by atoms with van der Waals surface area (Å²) in [7, 11) is 0. The molecule has 0 aromatic heterocycles. The molecule has 0 spiro atoms. The van der Waals surface area contributed by atoms with Crippen LogP contribution >= 0.6 is 15.9 Å². The van der Waals surface area contributed by atoms with Gasteiger partial charge in [0.25, 0.3) is 0 Å². The minimum Gasteiger partial charge on any atom is -0.207 e. The molecule has 1 unspecified atom stereocenters. The zero-order valence-electron chi connectivity index (χ0n) is 10.5. The molecule has 4 heteroatoms. The summed E-state index contributed by atoms with van der Waals surface area (Å²) in [4.78, 5) is -0.512. The molecule has 0 aliphatic heterocycles. The standard InChI is InChI=1S/C15H12BrF3/c1-8-3-4-9(2)10(5-8)15(16)11-6-13(18)14(19)7-12(11)17/h3-7,15H,1-2H3.